The molecule has 2 heteroatoms. The van der Waals surface area contributed by atoms with Gasteiger partial charge in [0.25, 0.3) is 0 Å². The van der Waals surface area contributed by atoms with E-state index in [2.05, 4.69) is 12.8 Å². The van der Waals surface area contributed by atoms with Crippen LogP contribution in [0.25, 0.3) is 0 Å². The summed E-state index contributed by atoms with van der Waals surface area (Å²) in [6, 6.07) is 0. The van der Waals surface area contributed by atoms with Crippen LogP contribution in [0.2, 0.25) is 0 Å². The first kappa shape index (κ1) is 34.5. The zero-order valence-electron chi connectivity index (χ0n) is 1.96. The van der Waals surface area contributed by atoms with Crippen molar-refractivity contribution in [2.24, 2.45) is 0 Å². The second-order valence-electron chi connectivity index (χ2n) is 0. The molecule has 29 valence electrons. The first-order valence-electron chi connectivity index (χ1n) is 0.333. The molecule has 0 aromatic carbocycles. The summed E-state index contributed by atoms with van der Waals surface area (Å²) in [5, 5.41) is 0. The fourth-order valence-corrected chi connectivity index (χ4v) is 0. The third kappa shape index (κ3) is 1410. The van der Waals surface area contributed by atoms with E-state index in [-0.39, 0.29) is 22.5 Å². The molecule has 0 atom stereocenters. The smallest absolute Gasteiger partial charge is 0 e. The molecule has 0 amide bonds. The van der Waals surface area contributed by atoms with Gasteiger partial charge in [0.05, 0.1) is 0 Å². The summed E-state index contributed by atoms with van der Waals surface area (Å²) in [6.45, 7) is 0. The van der Waals surface area contributed by atoms with E-state index in [0.29, 0.717) is 0 Å². The standard InChI is InChI=1S/C2H2.Cu.H2O/c1-2;;/h1-2H;;1H2. The summed E-state index contributed by atoms with van der Waals surface area (Å²) in [6.07, 6.45) is 8.00. The number of terminal acetylenes is 1. The quantitative estimate of drug-likeness (QED) is 0.293. The molecule has 0 rings (SSSR count). The van der Waals surface area contributed by atoms with Gasteiger partial charge in [0.1, 0.15) is 0 Å². The molecule has 0 aliphatic carbocycles. The van der Waals surface area contributed by atoms with E-state index in [0.717, 1.165) is 0 Å². The van der Waals surface area contributed by atoms with Crippen molar-refractivity contribution < 1.29 is 22.5 Å². The van der Waals surface area contributed by atoms with E-state index in [1.165, 1.54) is 0 Å². The van der Waals surface area contributed by atoms with Gasteiger partial charge in [-0.05, 0) is 0 Å². The molecule has 4 heavy (non-hydrogen) atoms. The molecule has 0 bridgehead atoms. The molecular formula is C2H4CuO. The van der Waals surface area contributed by atoms with E-state index in [1.807, 2.05) is 0 Å². The van der Waals surface area contributed by atoms with Crippen molar-refractivity contribution in [3.63, 3.8) is 0 Å². The van der Waals surface area contributed by atoms with Gasteiger partial charge >= 0.3 is 0 Å². The predicted molar refractivity (Wildman–Crippen MR) is 13.5 cm³/mol. The summed E-state index contributed by atoms with van der Waals surface area (Å²) in [5.74, 6) is 0. The molecule has 0 aliphatic rings. The van der Waals surface area contributed by atoms with E-state index >= 15 is 0 Å². The molecule has 0 saturated carbocycles. The van der Waals surface area contributed by atoms with Gasteiger partial charge in [-0.25, -0.2) is 0 Å². The molecule has 0 unspecified atom stereocenters. The molecule has 0 spiro atoms. The van der Waals surface area contributed by atoms with Gasteiger partial charge in [-0.2, -0.15) is 0 Å². The summed E-state index contributed by atoms with van der Waals surface area (Å²) in [7, 11) is 0. The Morgan fingerprint density at radius 3 is 1.00 bits per heavy atom. The van der Waals surface area contributed by atoms with Crippen molar-refractivity contribution in [3.8, 4) is 12.8 Å². The van der Waals surface area contributed by atoms with Gasteiger partial charge in [-0.15, -0.1) is 12.8 Å². The number of hydrogen-bond acceptors (Lipinski definition) is 0. The molecule has 0 aromatic rings. The minimum absolute atomic E-state index is 0. The average Bonchev–Trinajstić information content (AvgIpc) is 1.00. The second-order valence-corrected chi connectivity index (χ2v) is 0. The zero-order chi connectivity index (χ0) is 2.00. The van der Waals surface area contributed by atoms with Crippen molar-refractivity contribution >= 4 is 0 Å². The number of rotatable bonds is 0. The van der Waals surface area contributed by atoms with Crippen LogP contribution in [0.5, 0.6) is 0 Å². The molecule has 0 aromatic heterocycles. The Bertz CT molecular complexity index is 10.8. The van der Waals surface area contributed by atoms with Crippen LogP contribution in [0, 0.1) is 12.8 Å². The van der Waals surface area contributed by atoms with Crippen LogP contribution in [0.1, 0.15) is 0 Å². The molecule has 0 heterocycles. The minimum Gasteiger partial charge on any atom is -0.412 e. The first-order chi connectivity index (χ1) is 1.00. The summed E-state index contributed by atoms with van der Waals surface area (Å²) in [4.78, 5) is 0. The minimum atomic E-state index is 0. The Labute approximate surface area is 36.2 Å². The monoisotopic (exact) mass is 107 g/mol. The van der Waals surface area contributed by atoms with Gasteiger partial charge in [0, 0.05) is 17.1 Å². The maximum Gasteiger partial charge on any atom is 0 e. The largest absolute Gasteiger partial charge is 0.412 e. The predicted octanol–water partition coefficient (Wildman–Crippen LogP) is -0.578. The van der Waals surface area contributed by atoms with E-state index < -0.39 is 0 Å². The Balaban J connectivity index is -0.00000000500. The van der Waals surface area contributed by atoms with Gasteiger partial charge in [0.15, 0.2) is 0 Å². The van der Waals surface area contributed by atoms with E-state index in [4.69, 9.17) is 0 Å². The van der Waals surface area contributed by atoms with Crippen LogP contribution in [0.4, 0.5) is 0 Å². The van der Waals surface area contributed by atoms with Crippen molar-refractivity contribution in [1.29, 1.82) is 0 Å². The average molecular weight is 108 g/mol. The van der Waals surface area contributed by atoms with E-state index in [9.17, 15) is 0 Å². The fourth-order valence-electron chi connectivity index (χ4n) is 0. The van der Waals surface area contributed by atoms with Gasteiger partial charge < -0.3 is 5.48 Å². The molecule has 1 radical (unpaired) electrons. The fraction of sp³-hybridized carbons (Fsp3) is 0. The SMILES string of the molecule is C#C.O.[Cu]. The molecule has 2 N–H and O–H groups in total. The summed E-state index contributed by atoms with van der Waals surface area (Å²) >= 11 is 0. The van der Waals surface area contributed by atoms with Crippen molar-refractivity contribution in [3.05, 3.63) is 0 Å². The van der Waals surface area contributed by atoms with Crippen molar-refractivity contribution in [2.75, 3.05) is 0 Å². The van der Waals surface area contributed by atoms with Crippen LogP contribution in [-0.4, -0.2) is 5.48 Å². The number of hydrogen-bond donors (Lipinski definition) is 0. The summed E-state index contributed by atoms with van der Waals surface area (Å²) in [5.41, 5.74) is 0. The third-order valence-electron chi connectivity index (χ3n) is 0. The normalized spacial score (nSPS) is 0.500. The van der Waals surface area contributed by atoms with Gasteiger partial charge in [-0.1, -0.05) is 0 Å². The Morgan fingerprint density at radius 1 is 1.00 bits per heavy atom. The van der Waals surface area contributed by atoms with Crippen LogP contribution >= 0.6 is 0 Å². The van der Waals surface area contributed by atoms with Crippen molar-refractivity contribution in [1.82, 2.24) is 0 Å². The van der Waals surface area contributed by atoms with Crippen LogP contribution in [0.3, 0.4) is 0 Å². The molecule has 0 saturated heterocycles. The van der Waals surface area contributed by atoms with Crippen molar-refractivity contribution in [2.45, 2.75) is 0 Å². The molecule has 0 aliphatic heterocycles. The third-order valence-corrected chi connectivity index (χ3v) is 0. The second kappa shape index (κ2) is 8110. The Kier molecular flexibility index (Phi) is 70000. The van der Waals surface area contributed by atoms with Crippen LogP contribution < -0.4 is 0 Å². The zero-order valence-corrected chi connectivity index (χ0v) is 2.90. The Hall–Kier alpha value is 0.0395. The van der Waals surface area contributed by atoms with Crippen LogP contribution in [-0.2, 0) is 17.1 Å². The Morgan fingerprint density at radius 2 is 1.00 bits per heavy atom. The maximum absolute atomic E-state index is 4.00. The van der Waals surface area contributed by atoms with E-state index in [1.54, 1.807) is 0 Å². The topological polar surface area (TPSA) is 31.5 Å². The molecular weight excluding hydrogens is 104 g/mol. The van der Waals surface area contributed by atoms with Gasteiger partial charge in [0.2, 0.25) is 0 Å². The maximum atomic E-state index is 4.00. The summed E-state index contributed by atoms with van der Waals surface area (Å²) < 4.78 is 0. The van der Waals surface area contributed by atoms with Gasteiger partial charge in [-0.3, -0.25) is 0 Å². The molecule has 0 fully saturated rings. The first-order valence-corrected chi connectivity index (χ1v) is 0.333. The van der Waals surface area contributed by atoms with Crippen LogP contribution in [0.15, 0.2) is 0 Å². The molecule has 1 nitrogen and oxygen atoms in total.